The van der Waals surface area contributed by atoms with Crippen LogP contribution in [0.25, 0.3) is 6.08 Å². The predicted molar refractivity (Wildman–Crippen MR) is 111 cm³/mol. The van der Waals surface area contributed by atoms with Gasteiger partial charge in [-0.1, -0.05) is 24.3 Å². The molecule has 31 heavy (non-hydrogen) atoms. The first-order valence-corrected chi connectivity index (χ1v) is 9.00. The van der Waals surface area contributed by atoms with Crippen molar-refractivity contribution in [1.82, 2.24) is 0 Å². The Hall–Kier alpha value is -4.33. The fourth-order valence-electron chi connectivity index (χ4n) is 2.69. The number of esters is 1. The molecule has 3 aromatic rings. The summed E-state index contributed by atoms with van der Waals surface area (Å²) in [5.74, 6) is -1.68. The van der Waals surface area contributed by atoms with Gasteiger partial charge in [-0.15, -0.1) is 0 Å². The summed E-state index contributed by atoms with van der Waals surface area (Å²) in [6, 6.07) is 15.2. The van der Waals surface area contributed by atoms with Crippen molar-refractivity contribution < 1.29 is 28.4 Å². The van der Waals surface area contributed by atoms with E-state index in [1.807, 2.05) is 0 Å². The minimum absolute atomic E-state index is 0.0344. The fraction of sp³-hybridized carbons (Fsp3) is 0.0435. The summed E-state index contributed by atoms with van der Waals surface area (Å²) in [5.41, 5.74) is -0.0757. The van der Waals surface area contributed by atoms with Crippen LogP contribution in [0.1, 0.15) is 26.3 Å². The van der Waals surface area contributed by atoms with Crippen LogP contribution in [-0.2, 0) is 0 Å². The number of allylic oxidation sites excluding steroid dienone is 1. The maximum atomic E-state index is 13.8. The smallest absolute Gasteiger partial charge is 0.343 e. The molecule has 156 valence electrons. The van der Waals surface area contributed by atoms with Crippen molar-refractivity contribution in [3.05, 3.63) is 105 Å². The van der Waals surface area contributed by atoms with Crippen molar-refractivity contribution in [3.8, 4) is 11.5 Å². The zero-order valence-corrected chi connectivity index (χ0v) is 16.3. The Labute approximate surface area is 176 Å². The van der Waals surface area contributed by atoms with Crippen LogP contribution in [0.15, 0.2) is 72.8 Å². The minimum Gasteiger partial charge on any atom is -0.497 e. The van der Waals surface area contributed by atoms with Gasteiger partial charge >= 0.3 is 5.97 Å². The lowest BCUT2D eigenvalue weighted by Crippen LogP contribution is -2.11. The highest BCUT2D eigenvalue weighted by Gasteiger charge is 2.18. The molecule has 0 aliphatic heterocycles. The minimum atomic E-state index is -0.885. The molecule has 7 nitrogen and oxygen atoms in total. The predicted octanol–water partition coefficient (Wildman–Crippen LogP) is 4.86. The molecule has 0 fully saturated rings. The number of methoxy groups -OCH3 is 1. The summed E-state index contributed by atoms with van der Waals surface area (Å²) >= 11 is 0. The standard InChI is InChI=1S/C23H16FNO6/c1-30-18-10-11-19(21(26)12-9-15-5-2-3-8-20(15)24)22(14-18)31-23(27)16-6-4-7-17(13-16)25(28)29/h2-14H,1H3/b12-9+. The Kier molecular flexibility index (Phi) is 6.51. The van der Waals surface area contributed by atoms with Crippen LogP contribution in [0.5, 0.6) is 11.5 Å². The Morgan fingerprint density at radius 2 is 1.81 bits per heavy atom. The second-order valence-corrected chi connectivity index (χ2v) is 6.28. The topological polar surface area (TPSA) is 95.7 Å². The summed E-state index contributed by atoms with van der Waals surface area (Å²) in [6.07, 6.45) is 2.47. The number of benzene rings is 3. The maximum Gasteiger partial charge on any atom is 0.343 e. The molecule has 0 aromatic heterocycles. The highest BCUT2D eigenvalue weighted by molar-refractivity contribution is 6.09. The quantitative estimate of drug-likeness (QED) is 0.135. The summed E-state index contributed by atoms with van der Waals surface area (Å²) in [5, 5.41) is 10.9. The van der Waals surface area contributed by atoms with Gasteiger partial charge in [-0.2, -0.15) is 0 Å². The van der Waals surface area contributed by atoms with Gasteiger partial charge in [0.2, 0.25) is 0 Å². The molecule has 0 unspecified atom stereocenters. The van der Waals surface area contributed by atoms with Crippen molar-refractivity contribution in [2.45, 2.75) is 0 Å². The number of ether oxygens (including phenoxy) is 2. The first-order valence-electron chi connectivity index (χ1n) is 9.00. The van der Waals surface area contributed by atoms with Crippen LogP contribution in [-0.4, -0.2) is 23.8 Å². The van der Waals surface area contributed by atoms with E-state index in [1.54, 1.807) is 6.07 Å². The van der Waals surface area contributed by atoms with E-state index >= 15 is 0 Å². The van der Waals surface area contributed by atoms with Crippen molar-refractivity contribution in [1.29, 1.82) is 0 Å². The lowest BCUT2D eigenvalue weighted by atomic mass is 10.1. The van der Waals surface area contributed by atoms with Crippen molar-refractivity contribution in [2.24, 2.45) is 0 Å². The first kappa shape index (κ1) is 21.4. The van der Waals surface area contributed by atoms with Crippen LogP contribution >= 0.6 is 0 Å². The van der Waals surface area contributed by atoms with E-state index in [1.165, 1.54) is 67.8 Å². The average Bonchev–Trinajstić information content (AvgIpc) is 2.78. The highest BCUT2D eigenvalue weighted by atomic mass is 19.1. The maximum absolute atomic E-state index is 13.8. The number of ketones is 1. The van der Waals surface area contributed by atoms with Crippen LogP contribution in [0.3, 0.4) is 0 Å². The van der Waals surface area contributed by atoms with Crippen molar-refractivity contribution in [2.75, 3.05) is 7.11 Å². The number of nitro benzene ring substituents is 1. The molecule has 3 aromatic carbocycles. The fourth-order valence-corrected chi connectivity index (χ4v) is 2.69. The number of nitro groups is 1. The van der Waals surface area contributed by atoms with Crippen molar-refractivity contribution >= 4 is 23.5 Å². The number of non-ortho nitro benzene ring substituents is 1. The molecule has 8 heteroatoms. The Bertz CT molecular complexity index is 1190. The largest absolute Gasteiger partial charge is 0.497 e. The molecule has 0 spiro atoms. The molecule has 0 atom stereocenters. The molecule has 3 rings (SSSR count). The summed E-state index contributed by atoms with van der Waals surface area (Å²) in [7, 11) is 1.40. The van der Waals surface area contributed by atoms with Gasteiger partial charge in [-0.3, -0.25) is 14.9 Å². The highest BCUT2D eigenvalue weighted by Crippen LogP contribution is 2.27. The number of hydrogen-bond donors (Lipinski definition) is 0. The Morgan fingerprint density at radius 3 is 2.52 bits per heavy atom. The van der Waals surface area contributed by atoms with E-state index in [-0.39, 0.29) is 28.1 Å². The molecule has 0 saturated carbocycles. The summed E-state index contributed by atoms with van der Waals surface area (Å²) in [6.45, 7) is 0. The molecule has 0 bridgehead atoms. The second-order valence-electron chi connectivity index (χ2n) is 6.28. The number of carbonyl (C=O) groups is 2. The number of hydrogen-bond acceptors (Lipinski definition) is 6. The molecule has 0 N–H and O–H groups in total. The Balaban J connectivity index is 1.90. The van der Waals surface area contributed by atoms with Gasteiger partial charge in [0, 0.05) is 23.8 Å². The molecule has 0 radical (unpaired) electrons. The van der Waals surface area contributed by atoms with E-state index in [9.17, 15) is 24.1 Å². The molecule has 0 amide bonds. The summed E-state index contributed by atoms with van der Waals surface area (Å²) < 4.78 is 24.2. The Morgan fingerprint density at radius 1 is 1.03 bits per heavy atom. The molecule has 0 heterocycles. The third kappa shape index (κ3) is 5.18. The number of carbonyl (C=O) groups excluding carboxylic acids is 2. The zero-order chi connectivity index (χ0) is 22.4. The molecule has 0 saturated heterocycles. The van der Waals surface area contributed by atoms with Gasteiger partial charge in [0.1, 0.15) is 17.3 Å². The average molecular weight is 421 g/mol. The molecule has 0 aliphatic carbocycles. The van der Waals surface area contributed by atoms with E-state index < -0.39 is 22.5 Å². The van der Waals surface area contributed by atoms with Gasteiger partial charge in [0.15, 0.2) is 5.78 Å². The number of rotatable bonds is 7. The lowest BCUT2D eigenvalue weighted by Gasteiger charge is -2.10. The van der Waals surface area contributed by atoms with E-state index in [4.69, 9.17) is 9.47 Å². The van der Waals surface area contributed by atoms with Crippen LogP contribution in [0, 0.1) is 15.9 Å². The normalized spacial score (nSPS) is 10.6. The van der Waals surface area contributed by atoms with E-state index in [2.05, 4.69) is 0 Å². The second kappa shape index (κ2) is 9.45. The monoisotopic (exact) mass is 421 g/mol. The van der Waals surface area contributed by atoms with E-state index in [0.717, 1.165) is 12.1 Å². The van der Waals surface area contributed by atoms with E-state index in [0.29, 0.717) is 5.75 Å². The van der Waals surface area contributed by atoms with Gasteiger partial charge in [0.25, 0.3) is 5.69 Å². The SMILES string of the molecule is COc1ccc(C(=O)/C=C/c2ccccc2F)c(OC(=O)c2cccc([N+](=O)[O-])c2)c1. The van der Waals surface area contributed by atoms with Crippen LogP contribution in [0.2, 0.25) is 0 Å². The molecule has 0 aliphatic rings. The summed E-state index contributed by atoms with van der Waals surface area (Å²) in [4.78, 5) is 35.5. The van der Waals surface area contributed by atoms with Crippen molar-refractivity contribution in [3.63, 3.8) is 0 Å². The molecular formula is C23H16FNO6. The third-order valence-corrected chi connectivity index (χ3v) is 4.27. The van der Waals surface area contributed by atoms with Crippen LogP contribution < -0.4 is 9.47 Å². The molecular weight excluding hydrogens is 405 g/mol. The van der Waals surface area contributed by atoms with Gasteiger partial charge < -0.3 is 9.47 Å². The van der Waals surface area contributed by atoms with Gasteiger partial charge in [-0.25, -0.2) is 9.18 Å². The van der Waals surface area contributed by atoms with Crippen LogP contribution in [0.4, 0.5) is 10.1 Å². The zero-order valence-electron chi connectivity index (χ0n) is 16.3. The van der Waals surface area contributed by atoms with Gasteiger partial charge in [0.05, 0.1) is 23.2 Å². The first-order chi connectivity index (χ1) is 14.9. The number of nitrogens with zero attached hydrogens (tertiary/aromatic N) is 1. The lowest BCUT2D eigenvalue weighted by molar-refractivity contribution is -0.384. The van der Waals surface area contributed by atoms with Gasteiger partial charge in [-0.05, 0) is 36.4 Å². The number of halogens is 1. The third-order valence-electron chi connectivity index (χ3n) is 4.27.